The van der Waals surface area contributed by atoms with Crippen LogP contribution in [0.4, 0.5) is 51.2 Å². The molecule has 3 aliphatic rings. The molecule has 12 aromatic carbocycles. The fraction of sp³-hybridized carbons (Fsp3) is 0.0400. The monoisotopic (exact) mass is 1070 g/mol. The number of anilines is 9. The number of aryl methyl sites for hydroxylation is 3. The average Bonchev–Trinajstić information content (AvgIpc) is 2.88. The molecule has 386 valence electrons. The smallest absolute Gasteiger partial charge is 0.0587 e. The van der Waals surface area contributed by atoms with E-state index in [4.69, 9.17) is 0 Å². The van der Waals surface area contributed by atoms with Gasteiger partial charge < -0.3 is 28.4 Å². The van der Waals surface area contributed by atoms with Crippen LogP contribution in [0.25, 0.3) is 82.5 Å². The van der Waals surface area contributed by atoms with Crippen LogP contribution in [-0.2, 0) is 0 Å². The van der Waals surface area contributed by atoms with E-state index in [0.717, 1.165) is 34.1 Å². The maximum atomic E-state index is 2.62. The highest BCUT2D eigenvalue weighted by atomic mass is 31.1. The van der Waals surface area contributed by atoms with Crippen LogP contribution in [0.5, 0.6) is 0 Å². The Kier molecular flexibility index (Phi) is 9.45. The van der Waals surface area contributed by atoms with Gasteiger partial charge in [-0.05, 0) is 130 Å². The second-order valence-corrected chi connectivity index (χ2v) is 24.5. The molecule has 0 amide bonds. The Morgan fingerprint density at radius 2 is 0.415 bits per heavy atom. The first-order chi connectivity index (χ1) is 40.4. The average molecular weight is 1070 g/mol. The summed E-state index contributed by atoms with van der Waals surface area (Å²) < 4.78 is 7.54. The molecule has 0 radical (unpaired) electrons. The van der Waals surface area contributed by atoms with Crippen molar-refractivity contribution in [2.24, 2.45) is 0 Å². The summed E-state index contributed by atoms with van der Waals surface area (Å²) in [7, 11) is -1.24. The number of nitrogens with zero attached hydrogens (tertiary/aromatic N) is 6. The molecular formula is C75H51N6P. The van der Waals surface area contributed by atoms with Crippen molar-refractivity contribution in [2.45, 2.75) is 20.8 Å². The summed E-state index contributed by atoms with van der Waals surface area (Å²) in [5.41, 5.74) is 24.5. The largest absolute Gasteiger partial charge is 0.309 e. The normalized spacial score (nSPS) is 13.4. The Morgan fingerprint density at radius 3 is 0.622 bits per heavy atom. The highest BCUT2D eigenvalue weighted by molar-refractivity contribution is 7.82. The van der Waals surface area contributed by atoms with Gasteiger partial charge in [0.05, 0.1) is 84.3 Å². The number of rotatable bonds is 6. The Labute approximate surface area is 475 Å². The van der Waals surface area contributed by atoms with Crippen molar-refractivity contribution >= 4 is 140 Å². The lowest BCUT2D eigenvalue weighted by molar-refractivity contribution is 1.13. The van der Waals surface area contributed by atoms with Crippen molar-refractivity contribution in [1.82, 2.24) is 13.7 Å². The van der Waals surface area contributed by atoms with Crippen LogP contribution in [0, 0.1) is 20.8 Å². The first-order valence-corrected chi connectivity index (χ1v) is 29.7. The predicted molar refractivity (Wildman–Crippen MR) is 347 cm³/mol. The summed E-state index contributed by atoms with van der Waals surface area (Å²) in [5, 5.41) is 11.5. The highest BCUT2D eigenvalue weighted by Gasteiger charge is 2.48. The van der Waals surface area contributed by atoms with E-state index in [9.17, 15) is 0 Å². The molecule has 3 aliphatic heterocycles. The summed E-state index contributed by atoms with van der Waals surface area (Å²) >= 11 is 0. The number of hydrogen-bond acceptors (Lipinski definition) is 3. The van der Waals surface area contributed by atoms with Crippen LogP contribution in [0.1, 0.15) is 16.7 Å². The van der Waals surface area contributed by atoms with Crippen LogP contribution in [0.15, 0.2) is 255 Å². The van der Waals surface area contributed by atoms with E-state index in [1.165, 1.54) is 132 Å². The van der Waals surface area contributed by atoms with Gasteiger partial charge in [0.1, 0.15) is 0 Å². The zero-order chi connectivity index (χ0) is 54.1. The van der Waals surface area contributed by atoms with E-state index < -0.39 is 7.92 Å². The quantitative estimate of drug-likeness (QED) is 0.155. The molecule has 0 atom stereocenters. The van der Waals surface area contributed by atoms with Crippen LogP contribution in [0.2, 0.25) is 0 Å². The molecule has 0 aliphatic carbocycles. The van der Waals surface area contributed by atoms with Crippen molar-refractivity contribution in [3.8, 4) is 17.1 Å². The lowest BCUT2D eigenvalue weighted by Gasteiger charge is -2.50. The Bertz CT molecular complexity index is 4460. The van der Waals surface area contributed by atoms with E-state index in [0.29, 0.717) is 0 Å². The summed E-state index contributed by atoms with van der Waals surface area (Å²) in [6, 6.07) is 96.4. The minimum atomic E-state index is -1.24. The molecule has 6 nitrogen and oxygen atoms in total. The van der Waals surface area contributed by atoms with Crippen LogP contribution >= 0.6 is 7.92 Å². The molecule has 3 aromatic heterocycles. The zero-order valence-corrected chi connectivity index (χ0v) is 46.3. The summed E-state index contributed by atoms with van der Waals surface area (Å²) in [4.78, 5) is 7.86. The third kappa shape index (κ3) is 6.27. The fourth-order valence-electron chi connectivity index (χ4n) is 14.1. The Hall–Kier alpha value is -10.1. The Balaban J connectivity index is 1.05. The van der Waals surface area contributed by atoms with Gasteiger partial charge >= 0.3 is 0 Å². The number of fused-ring (bicyclic) bond motifs is 9. The Morgan fingerprint density at radius 1 is 0.220 bits per heavy atom. The lowest BCUT2D eigenvalue weighted by atomic mass is 10.0. The van der Waals surface area contributed by atoms with Gasteiger partial charge in [0.25, 0.3) is 0 Å². The molecular weight excluding hydrogens is 1020 g/mol. The van der Waals surface area contributed by atoms with Crippen LogP contribution in [-0.4, -0.2) is 13.7 Å². The summed E-state index contributed by atoms with van der Waals surface area (Å²) in [6.07, 6.45) is 0. The van der Waals surface area contributed by atoms with Crippen molar-refractivity contribution < 1.29 is 0 Å². The van der Waals surface area contributed by atoms with E-state index in [1.807, 2.05) is 0 Å². The number of aromatic nitrogens is 3. The number of hydrogen-bond donors (Lipinski definition) is 0. The molecule has 0 fully saturated rings. The van der Waals surface area contributed by atoms with Crippen molar-refractivity contribution in [3.05, 3.63) is 271 Å². The fourth-order valence-corrected chi connectivity index (χ4v) is 17.1. The van der Waals surface area contributed by atoms with Gasteiger partial charge in [-0.15, -0.1) is 0 Å². The predicted octanol–water partition coefficient (Wildman–Crippen LogP) is 19.0. The highest BCUT2D eigenvalue weighted by Crippen LogP contribution is 2.64. The topological polar surface area (TPSA) is 24.5 Å². The summed E-state index contributed by atoms with van der Waals surface area (Å²) in [6.45, 7) is 6.58. The van der Waals surface area contributed by atoms with Crippen molar-refractivity contribution in [2.75, 3.05) is 14.7 Å². The molecule has 0 unspecified atom stereocenters. The minimum absolute atomic E-state index is 1.11. The molecule has 7 heteroatoms. The first kappa shape index (κ1) is 45.7. The SMILES string of the molecule is Cc1ccc(N2c3cc(-n4c5ccccc5c5ccccc54)cc4c3P3c5c2cc(-n2c6ccccc6c6ccccc62)cc5N(c2ccc(C)cc2)c2cc(-n5c6ccccc6c6ccccc65)cc(c23)N4c2ccc(C)cc2)cc1. The van der Waals surface area contributed by atoms with Crippen LogP contribution < -0.4 is 30.6 Å². The lowest BCUT2D eigenvalue weighted by Crippen LogP contribution is -2.46. The van der Waals surface area contributed by atoms with Gasteiger partial charge in [0.2, 0.25) is 0 Å². The van der Waals surface area contributed by atoms with Crippen molar-refractivity contribution in [3.63, 3.8) is 0 Å². The van der Waals surface area contributed by atoms with Gasteiger partial charge in [-0.2, -0.15) is 0 Å². The maximum Gasteiger partial charge on any atom is 0.0587 e. The van der Waals surface area contributed by atoms with Crippen LogP contribution in [0.3, 0.4) is 0 Å². The second-order valence-electron chi connectivity index (χ2n) is 22.5. The second kappa shape index (κ2) is 16.9. The van der Waals surface area contributed by atoms with Gasteiger partial charge in [-0.25, -0.2) is 0 Å². The number of para-hydroxylation sites is 6. The molecule has 0 N–H and O–H groups in total. The number of benzene rings is 12. The van der Waals surface area contributed by atoms with E-state index >= 15 is 0 Å². The molecule has 15 aromatic rings. The zero-order valence-electron chi connectivity index (χ0n) is 45.4. The molecule has 0 saturated carbocycles. The van der Waals surface area contributed by atoms with E-state index in [-0.39, 0.29) is 0 Å². The van der Waals surface area contributed by atoms with E-state index in [1.54, 1.807) is 0 Å². The molecule has 82 heavy (non-hydrogen) atoms. The molecule has 0 saturated heterocycles. The maximum absolute atomic E-state index is 2.62. The minimum Gasteiger partial charge on any atom is -0.309 e. The molecule has 0 spiro atoms. The summed E-state index contributed by atoms with van der Waals surface area (Å²) in [5.74, 6) is 0. The third-order valence-corrected chi connectivity index (χ3v) is 20.4. The first-order valence-electron chi connectivity index (χ1n) is 28.3. The van der Waals surface area contributed by atoms with Gasteiger partial charge in [-0.3, -0.25) is 0 Å². The molecule has 18 rings (SSSR count). The molecule has 6 heterocycles. The van der Waals surface area contributed by atoms with Crippen molar-refractivity contribution in [1.29, 1.82) is 0 Å². The van der Waals surface area contributed by atoms with Gasteiger partial charge in [-0.1, -0.05) is 162 Å². The van der Waals surface area contributed by atoms with E-state index in [2.05, 4.69) is 304 Å². The standard InChI is InChI=1S/C75H51N6P/c1-46-28-34-49(35-29-46)76-67-40-52(79-61-22-10-4-16-55(61)56-17-5-11-23-62(56)79)42-69-73(67)82-74-68(76)41-53(80-63-24-12-6-18-57(63)58-19-7-13-25-64(58)80)43-70(74)78(51-38-32-48(3)33-39-51)72-45-54(44-71(75(72)82)77(69)50-36-30-47(2)31-37-50)81-65-26-14-8-20-59(65)60-21-9-15-27-66(60)81/h4-45H,1-3H3. The van der Waals surface area contributed by atoms with Gasteiger partial charge in [0, 0.05) is 73.2 Å². The molecule has 0 bridgehead atoms. The van der Waals surface area contributed by atoms with Gasteiger partial charge in [0.15, 0.2) is 0 Å². The third-order valence-electron chi connectivity index (χ3n) is 17.7.